The predicted octanol–water partition coefficient (Wildman–Crippen LogP) is 6.07. The number of ether oxygens (including phenoxy) is 2. The fourth-order valence-electron chi connectivity index (χ4n) is 4.83. The van der Waals surface area contributed by atoms with Crippen LogP contribution >= 0.6 is 11.6 Å². The van der Waals surface area contributed by atoms with E-state index >= 15 is 0 Å². The fraction of sp³-hybridized carbons (Fsp3) is 0.323. The Morgan fingerprint density at radius 1 is 1.12 bits per heavy atom. The first kappa shape index (κ1) is 30.7. The summed E-state index contributed by atoms with van der Waals surface area (Å²) < 4.78 is 50.1. The largest absolute Gasteiger partial charge is 0.487 e. The summed E-state index contributed by atoms with van der Waals surface area (Å²) in [6.45, 7) is 5.79. The molecular weight excluding hydrogens is 593 g/mol. The highest BCUT2D eigenvalue weighted by Crippen LogP contribution is 2.39. The van der Waals surface area contributed by atoms with E-state index in [1.54, 1.807) is 50.6 Å². The molecule has 2 N–H and O–H groups in total. The Kier molecular flexibility index (Phi) is 9.14. The standard InChI is InChI=1S/C31H33ClFN5O4S/c1-20(2)43(39,40)13-11-34-21(3)31(10-5-12-42-31)29-16-25-27(17-35-29)36-19-37-30(25)38-24-8-9-28(26(32)15-24)41-18-22-6-4-7-23(33)14-22/h4-9,12,14-17,19-21,34H,10-11,13,18H2,1-3H3,(H,36,37,38). The van der Waals surface area contributed by atoms with Crippen LogP contribution in [0, 0.1) is 5.82 Å². The number of aromatic nitrogens is 3. The van der Waals surface area contributed by atoms with Crippen molar-refractivity contribution in [1.82, 2.24) is 20.3 Å². The molecule has 2 aromatic carbocycles. The molecule has 0 radical (unpaired) electrons. The van der Waals surface area contributed by atoms with Gasteiger partial charge in [0.05, 0.1) is 45.7 Å². The van der Waals surface area contributed by atoms with Crippen LogP contribution in [0.25, 0.3) is 10.9 Å². The van der Waals surface area contributed by atoms with Crippen molar-refractivity contribution < 1.29 is 22.3 Å². The van der Waals surface area contributed by atoms with Crippen molar-refractivity contribution in [1.29, 1.82) is 0 Å². The van der Waals surface area contributed by atoms with E-state index in [2.05, 4.69) is 25.6 Å². The average molecular weight is 626 g/mol. The molecule has 43 heavy (non-hydrogen) atoms. The van der Waals surface area contributed by atoms with Crippen molar-refractivity contribution in [2.45, 2.75) is 50.7 Å². The number of anilines is 2. The number of benzene rings is 2. The SMILES string of the molecule is CC(NCCS(=O)(=O)C(C)C)C1(c2cc3c(Nc4ccc(OCc5cccc(F)c5)c(Cl)c4)ncnc3cn2)CC=CO1. The average Bonchev–Trinajstić information content (AvgIpc) is 3.48. The number of halogens is 2. The Morgan fingerprint density at radius 2 is 1.95 bits per heavy atom. The van der Waals surface area contributed by atoms with Gasteiger partial charge < -0.3 is 20.1 Å². The molecular formula is C31H33ClFN5O4S. The number of sulfone groups is 1. The third-order valence-electron chi connectivity index (χ3n) is 7.48. The lowest BCUT2D eigenvalue weighted by Gasteiger charge is -2.35. The molecule has 0 amide bonds. The van der Waals surface area contributed by atoms with Gasteiger partial charge in [-0.15, -0.1) is 0 Å². The summed E-state index contributed by atoms with van der Waals surface area (Å²) in [5, 5.41) is 7.31. The Labute approximate surface area is 255 Å². The van der Waals surface area contributed by atoms with Gasteiger partial charge in [0.15, 0.2) is 15.4 Å². The molecule has 1 aliphatic heterocycles. The zero-order chi connectivity index (χ0) is 30.6. The lowest BCUT2D eigenvalue weighted by atomic mass is 9.87. The summed E-state index contributed by atoms with van der Waals surface area (Å²) >= 11 is 6.51. The van der Waals surface area contributed by atoms with Crippen LogP contribution < -0.4 is 15.4 Å². The van der Waals surface area contributed by atoms with Crippen molar-refractivity contribution in [3.05, 3.63) is 95.5 Å². The van der Waals surface area contributed by atoms with E-state index in [0.717, 1.165) is 5.39 Å². The Balaban J connectivity index is 1.35. The van der Waals surface area contributed by atoms with Gasteiger partial charge in [-0.1, -0.05) is 23.7 Å². The van der Waals surface area contributed by atoms with Crippen LogP contribution in [0.15, 0.2) is 73.4 Å². The van der Waals surface area contributed by atoms with Crippen LogP contribution in [0.2, 0.25) is 5.02 Å². The number of rotatable bonds is 12. The third kappa shape index (κ3) is 6.90. The van der Waals surface area contributed by atoms with E-state index in [0.29, 0.717) is 52.0 Å². The first-order chi connectivity index (χ1) is 20.6. The molecule has 0 saturated heterocycles. The predicted molar refractivity (Wildman–Crippen MR) is 166 cm³/mol. The Morgan fingerprint density at radius 3 is 2.67 bits per heavy atom. The molecule has 12 heteroatoms. The highest BCUT2D eigenvalue weighted by Gasteiger charge is 2.42. The van der Waals surface area contributed by atoms with E-state index in [1.165, 1.54) is 18.5 Å². The second-order valence-corrected chi connectivity index (χ2v) is 13.8. The lowest BCUT2D eigenvalue weighted by molar-refractivity contribution is 0.00504. The van der Waals surface area contributed by atoms with Gasteiger partial charge in [-0.2, -0.15) is 0 Å². The van der Waals surface area contributed by atoms with Crippen molar-refractivity contribution in [2.24, 2.45) is 0 Å². The fourth-order valence-corrected chi connectivity index (χ4v) is 5.94. The number of fused-ring (bicyclic) bond motifs is 1. The first-order valence-electron chi connectivity index (χ1n) is 13.9. The molecule has 3 heterocycles. The maximum Gasteiger partial charge on any atom is 0.168 e. The Hall–Kier alpha value is -3.80. The van der Waals surface area contributed by atoms with Crippen LogP contribution in [0.4, 0.5) is 15.9 Å². The number of hydrogen-bond acceptors (Lipinski definition) is 9. The van der Waals surface area contributed by atoms with Gasteiger partial charge in [0, 0.05) is 24.0 Å². The summed E-state index contributed by atoms with van der Waals surface area (Å²) in [6.07, 6.45) is 7.25. The van der Waals surface area contributed by atoms with E-state index in [9.17, 15) is 12.8 Å². The number of hydrogen-bond donors (Lipinski definition) is 2. The minimum absolute atomic E-state index is 0.0305. The zero-order valence-corrected chi connectivity index (χ0v) is 25.6. The molecule has 1 aliphatic rings. The van der Waals surface area contributed by atoms with Gasteiger partial charge in [0.2, 0.25) is 0 Å². The van der Waals surface area contributed by atoms with E-state index < -0.39 is 20.7 Å². The second-order valence-electron chi connectivity index (χ2n) is 10.7. The number of nitrogens with zero attached hydrogens (tertiary/aromatic N) is 3. The topological polar surface area (TPSA) is 115 Å². The van der Waals surface area contributed by atoms with Crippen LogP contribution in [-0.4, -0.2) is 47.0 Å². The van der Waals surface area contributed by atoms with E-state index in [4.69, 9.17) is 21.1 Å². The maximum atomic E-state index is 13.5. The summed E-state index contributed by atoms with van der Waals surface area (Å²) in [7, 11) is -3.18. The lowest BCUT2D eigenvalue weighted by Crippen LogP contribution is -2.48. The van der Waals surface area contributed by atoms with Gasteiger partial charge in [-0.3, -0.25) is 4.98 Å². The van der Waals surface area contributed by atoms with Crippen molar-refractivity contribution >= 4 is 43.8 Å². The monoisotopic (exact) mass is 625 g/mol. The van der Waals surface area contributed by atoms with Gasteiger partial charge in [-0.25, -0.2) is 22.8 Å². The van der Waals surface area contributed by atoms with Gasteiger partial charge in [-0.05, 0) is 68.8 Å². The molecule has 2 unspecified atom stereocenters. The molecule has 0 saturated carbocycles. The Bertz CT molecular complexity index is 1740. The molecule has 2 aromatic heterocycles. The zero-order valence-electron chi connectivity index (χ0n) is 24.1. The highest BCUT2D eigenvalue weighted by atomic mass is 35.5. The van der Waals surface area contributed by atoms with Gasteiger partial charge >= 0.3 is 0 Å². The van der Waals surface area contributed by atoms with Gasteiger partial charge in [0.25, 0.3) is 0 Å². The van der Waals surface area contributed by atoms with Crippen LogP contribution in [-0.2, 0) is 26.8 Å². The molecule has 0 fully saturated rings. The third-order valence-corrected chi connectivity index (χ3v) is 9.99. The number of nitrogens with one attached hydrogen (secondary N) is 2. The van der Waals surface area contributed by atoms with Gasteiger partial charge in [0.1, 0.15) is 30.3 Å². The van der Waals surface area contributed by atoms with Crippen LogP contribution in [0.3, 0.4) is 0 Å². The molecule has 9 nitrogen and oxygen atoms in total. The molecule has 0 bridgehead atoms. The minimum Gasteiger partial charge on any atom is -0.487 e. The van der Waals surface area contributed by atoms with Crippen molar-refractivity contribution in [3.63, 3.8) is 0 Å². The molecule has 0 aliphatic carbocycles. The molecule has 2 atom stereocenters. The first-order valence-corrected chi connectivity index (χ1v) is 16.0. The minimum atomic E-state index is -3.18. The summed E-state index contributed by atoms with van der Waals surface area (Å²) in [5.41, 5.74) is 1.82. The summed E-state index contributed by atoms with van der Waals surface area (Å²) in [6, 6.07) is 13.1. The van der Waals surface area contributed by atoms with Crippen molar-refractivity contribution in [3.8, 4) is 5.75 Å². The van der Waals surface area contributed by atoms with Crippen LogP contribution in [0.5, 0.6) is 5.75 Å². The number of pyridine rings is 1. The highest BCUT2D eigenvalue weighted by molar-refractivity contribution is 7.92. The maximum absolute atomic E-state index is 13.5. The van der Waals surface area contributed by atoms with Crippen LogP contribution in [0.1, 0.15) is 38.4 Å². The smallest absolute Gasteiger partial charge is 0.168 e. The van der Waals surface area contributed by atoms with Crippen molar-refractivity contribution in [2.75, 3.05) is 17.6 Å². The molecule has 4 aromatic rings. The molecule has 226 valence electrons. The summed E-state index contributed by atoms with van der Waals surface area (Å²) in [4.78, 5) is 13.5. The van der Waals surface area contributed by atoms with E-state index in [1.807, 2.05) is 25.1 Å². The molecule has 0 spiro atoms. The summed E-state index contributed by atoms with van der Waals surface area (Å²) in [5.74, 6) is 0.712. The quantitative estimate of drug-likeness (QED) is 0.193. The molecule has 5 rings (SSSR count). The normalized spacial score (nSPS) is 17.3. The second kappa shape index (κ2) is 12.8. The van der Waals surface area contributed by atoms with E-state index in [-0.39, 0.29) is 24.2 Å².